The van der Waals surface area contributed by atoms with E-state index < -0.39 is 29.7 Å². The molecule has 1 aliphatic carbocycles. The van der Waals surface area contributed by atoms with Crippen LogP contribution in [0.3, 0.4) is 0 Å². The van der Waals surface area contributed by atoms with Gasteiger partial charge in [0.05, 0.1) is 22.3 Å². The molecule has 2 atom stereocenters. The predicted molar refractivity (Wildman–Crippen MR) is 111 cm³/mol. The molecule has 1 aromatic carbocycles. The maximum atomic E-state index is 14.8. The molecule has 0 aromatic heterocycles. The average Bonchev–Trinajstić information content (AvgIpc) is 3.06. The minimum absolute atomic E-state index is 0.0499. The first-order valence-corrected chi connectivity index (χ1v) is 10.1. The summed E-state index contributed by atoms with van der Waals surface area (Å²) in [5, 5.41) is 10.3. The number of aliphatic hydroxyl groups excluding tert-OH is 1. The molecule has 29 heavy (non-hydrogen) atoms. The molecule has 1 saturated heterocycles. The van der Waals surface area contributed by atoms with Gasteiger partial charge in [-0.05, 0) is 27.7 Å². The van der Waals surface area contributed by atoms with Crippen LogP contribution in [0.2, 0.25) is 5.02 Å². The normalized spacial score (nSPS) is 28.8. The Balaban J connectivity index is 1.86. The molecule has 0 amide bonds. The molecule has 0 saturated carbocycles. The maximum Gasteiger partial charge on any atom is 0.496 e. The van der Waals surface area contributed by atoms with Crippen molar-refractivity contribution in [2.24, 2.45) is 0 Å². The summed E-state index contributed by atoms with van der Waals surface area (Å²) in [6, 6.07) is 1.27. The third-order valence-corrected chi connectivity index (χ3v) is 6.99. The van der Waals surface area contributed by atoms with Crippen molar-refractivity contribution in [1.29, 1.82) is 0 Å². The average molecular weight is 418 g/mol. The highest BCUT2D eigenvalue weighted by Crippen LogP contribution is 2.50. The molecule has 4 nitrogen and oxygen atoms in total. The zero-order valence-electron chi connectivity index (χ0n) is 17.2. The minimum Gasteiger partial charge on any atom is -0.467 e. The minimum atomic E-state index is -1.07. The van der Waals surface area contributed by atoms with Gasteiger partial charge in [-0.2, -0.15) is 0 Å². The molecule has 2 aliphatic heterocycles. The van der Waals surface area contributed by atoms with Crippen molar-refractivity contribution >= 4 is 24.2 Å². The molecule has 3 aliphatic rings. The number of hydrogen-bond donors (Lipinski definition) is 1. The smallest absolute Gasteiger partial charge is 0.467 e. The SMILES string of the molecule is C[C@H]1c2c(cc(F)c(Cl)c2B2OC(C)(C)C(C)(C)O2)O[C@]1(CO)C1=CC=C[C+]=C1. The quantitative estimate of drug-likeness (QED) is 0.599. The summed E-state index contributed by atoms with van der Waals surface area (Å²) in [6.07, 6.45) is 10.2. The van der Waals surface area contributed by atoms with E-state index in [-0.39, 0.29) is 17.5 Å². The van der Waals surface area contributed by atoms with Gasteiger partial charge in [-0.15, -0.1) is 0 Å². The van der Waals surface area contributed by atoms with E-state index in [0.29, 0.717) is 16.8 Å². The number of hydrogen-bond acceptors (Lipinski definition) is 4. The number of halogens is 2. The van der Waals surface area contributed by atoms with Crippen LogP contribution in [0.15, 0.2) is 35.9 Å². The molecule has 152 valence electrons. The first kappa shape index (κ1) is 20.6. The van der Waals surface area contributed by atoms with E-state index in [1.54, 1.807) is 12.2 Å². The molecule has 0 bridgehead atoms. The first-order valence-electron chi connectivity index (χ1n) is 9.68. The Kier molecular flexibility index (Phi) is 4.73. The lowest BCUT2D eigenvalue weighted by Crippen LogP contribution is -2.44. The van der Waals surface area contributed by atoms with Gasteiger partial charge in [0, 0.05) is 35.2 Å². The number of fused-ring (bicyclic) bond motifs is 1. The molecular weight excluding hydrogens is 394 g/mol. The second-order valence-electron chi connectivity index (χ2n) is 8.75. The van der Waals surface area contributed by atoms with Crippen LogP contribution in [0.5, 0.6) is 5.75 Å². The summed E-state index contributed by atoms with van der Waals surface area (Å²) < 4.78 is 33.3. The van der Waals surface area contributed by atoms with Gasteiger partial charge in [0.2, 0.25) is 5.60 Å². The van der Waals surface area contributed by atoms with Gasteiger partial charge < -0.3 is 19.2 Å². The Bertz CT molecular complexity index is 937. The lowest BCUT2D eigenvalue weighted by molar-refractivity contribution is 0.00578. The molecule has 7 heteroatoms. The zero-order chi connectivity index (χ0) is 21.2. The summed E-state index contributed by atoms with van der Waals surface area (Å²) in [7, 11) is -0.847. The van der Waals surface area contributed by atoms with E-state index in [1.807, 2.05) is 46.8 Å². The van der Waals surface area contributed by atoms with E-state index in [0.717, 1.165) is 5.57 Å². The predicted octanol–water partition coefficient (Wildman–Crippen LogP) is 3.86. The van der Waals surface area contributed by atoms with Crippen molar-refractivity contribution in [2.75, 3.05) is 6.61 Å². The Morgan fingerprint density at radius 2 is 1.90 bits per heavy atom. The summed E-state index contributed by atoms with van der Waals surface area (Å²) in [4.78, 5) is 0. The molecular formula is C22H24BClFO4+. The van der Waals surface area contributed by atoms with E-state index in [4.69, 9.17) is 25.6 Å². The monoisotopic (exact) mass is 417 g/mol. The number of aliphatic hydroxyl groups is 1. The lowest BCUT2D eigenvalue weighted by atomic mass is 9.69. The first-order chi connectivity index (χ1) is 13.5. The van der Waals surface area contributed by atoms with Crippen molar-refractivity contribution in [2.45, 2.75) is 57.3 Å². The lowest BCUT2D eigenvalue weighted by Gasteiger charge is -2.32. The van der Waals surface area contributed by atoms with Crippen LogP contribution in [0.4, 0.5) is 4.39 Å². The molecule has 0 radical (unpaired) electrons. The molecule has 2 heterocycles. The van der Waals surface area contributed by atoms with E-state index in [2.05, 4.69) is 6.08 Å². The van der Waals surface area contributed by atoms with Crippen LogP contribution in [0.25, 0.3) is 0 Å². The van der Waals surface area contributed by atoms with Gasteiger partial charge in [0.1, 0.15) is 35.9 Å². The Labute approximate surface area is 176 Å². The van der Waals surface area contributed by atoms with Gasteiger partial charge in [0.25, 0.3) is 0 Å². The van der Waals surface area contributed by atoms with Crippen LogP contribution in [-0.2, 0) is 9.31 Å². The molecule has 1 fully saturated rings. The molecule has 1 N–H and O–H groups in total. The second kappa shape index (κ2) is 6.66. The van der Waals surface area contributed by atoms with Crippen molar-refractivity contribution < 1.29 is 23.5 Å². The summed E-state index contributed by atoms with van der Waals surface area (Å²) in [6.45, 7) is 9.35. The molecule has 0 spiro atoms. The topological polar surface area (TPSA) is 47.9 Å². The third kappa shape index (κ3) is 2.89. The highest BCUT2D eigenvalue weighted by atomic mass is 35.5. The van der Waals surface area contributed by atoms with Crippen LogP contribution in [-0.4, -0.2) is 35.6 Å². The van der Waals surface area contributed by atoms with Crippen molar-refractivity contribution in [1.82, 2.24) is 0 Å². The van der Waals surface area contributed by atoms with Crippen molar-refractivity contribution in [3.8, 4) is 5.75 Å². The van der Waals surface area contributed by atoms with Crippen molar-refractivity contribution in [3.05, 3.63) is 58.4 Å². The largest absolute Gasteiger partial charge is 0.496 e. The van der Waals surface area contributed by atoms with E-state index in [9.17, 15) is 9.50 Å². The second-order valence-corrected chi connectivity index (χ2v) is 9.13. The highest BCUT2D eigenvalue weighted by molar-refractivity contribution is 6.66. The van der Waals surface area contributed by atoms with Gasteiger partial charge >= 0.3 is 7.12 Å². The van der Waals surface area contributed by atoms with Crippen LogP contribution >= 0.6 is 11.6 Å². The van der Waals surface area contributed by atoms with E-state index in [1.165, 1.54) is 6.07 Å². The Hall–Kier alpha value is -1.69. The van der Waals surface area contributed by atoms with Gasteiger partial charge in [0.15, 0.2) is 0 Å². The molecule has 1 aromatic rings. The summed E-state index contributed by atoms with van der Waals surface area (Å²) in [5.74, 6) is -0.608. The molecule has 4 rings (SSSR count). The number of rotatable bonds is 3. The van der Waals surface area contributed by atoms with Gasteiger partial charge in [-0.3, -0.25) is 0 Å². The molecule has 0 unspecified atom stereocenters. The van der Waals surface area contributed by atoms with Crippen LogP contribution < -0.4 is 10.2 Å². The standard InChI is InChI=1S/C22H24BClFO4/c1-13-17-16(27-22(13,12-26)14-9-7-6-8-10-14)11-15(25)19(24)18(17)23-28-20(2,3)21(4,5)29-23/h6-7,9-11,13,26H,12H2,1-5H3/q+1/t13-,22-/m0/s1. The van der Waals surface area contributed by atoms with E-state index >= 15 is 0 Å². The van der Waals surface area contributed by atoms with Crippen molar-refractivity contribution in [3.63, 3.8) is 0 Å². The van der Waals surface area contributed by atoms with Gasteiger partial charge in [-0.25, -0.2) is 4.39 Å². The summed E-state index contributed by atoms with van der Waals surface area (Å²) >= 11 is 6.43. The van der Waals surface area contributed by atoms with Crippen LogP contribution in [0.1, 0.15) is 46.1 Å². The number of ether oxygens (including phenoxy) is 1. The van der Waals surface area contributed by atoms with Gasteiger partial charge in [-0.1, -0.05) is 18.5 Å². The fourth-order valence-electron chi connectivity index (χ4n) is 4.10. The number of benzene rings is 1. The summed E-state index contributed by atoms with van der Waals surface area (Å²) in [5.41, 5.74) is -0.426. The fourth-order valence-corrected chi connectivity index (χ4v) is 4.35. The third-order valence-electron chi connectivity index (χ3n) is 6.60. The number of allylic oxidation sites excluding steroid dienone is 4. The zero-order valence-corrected chi connectivity index (χ0v) is 17.9. The Morgan fingerprint density at radius 1 is 1.24 bits per heavy atom. The Morgan fingerprint density at radius 3 is 2.45 bits per heavy atom. The highest BCUT2D eigenvalue weighted by Gasteiger charge is 2.58. The maximum absolute atomic E-state index is 14.8. The fraction of sp³-hybridized carbons (Fsp3) is 0.455. The van der Waals surface area contributed by atoms with Crippen LogP contribution in [0, 0.1) is 11.9 Å².